The Morgan fingerprint density at radius 3 is 3.11 bits per heavy atom. The first-order chi connectivity index (χ1) is 9.16. The summed E-state index contributed by atoms with van der Waals surface area (Å²) in [4.78, 5) is 4.37. The molecule has 0 radical (unpaired) electrons. The average Bonchev–Trinajstić information content (AvgIpc) is 2.99. The van der Waals surface area contributed by atoms with Crippen molar-refractivity contribution in [1.29, 1.82) is 0 Å². The zero-order chi connectivity index (χ0) is 13.4. The smallest absolute Gasteiger partial charge is 0.151 e. The Balaban J connectivity index is 2.08. The molecule has 2 unspecified atom stereocenters. The number of hydrogen-bond acceptors (Lipinski definition) is 2. The van der Waals surface area contributed by atoms with Crippen LogP contribution < -0.4 is 0 Å². The molecule has 1 aliphatic heterocycles. The maximum atomic E-state index is 13.8. The van der Waals surface area contributed by atoms with Gasteiger partial charge in [0.1, 0.15) is 11.3 Å². The van der Waals surface area contributed by atoms with Crippen LogP contribution in [0.25, 0.3) is 11.0 Å². The van der Waals surface area contributed by atoms with Crippen LogP contribution in [-0.4, -0.2) is 22.8 Å². The van der Waals surface area contributed by atoms with E-state index in [0.717, 1.165) is 37.5 Å². The molecule has 0 amide bonds. The molecule has 2 heterocycles. The largest absolute Gasteiger partial charge is 0.381 e. The van der Waals surface area contributed by atoms with Crippen LogP contribution in [0.15, 0.2) is 18.2 Å². The molecule has 0 bridgehead atoms. The van der Waals surface area contributed by atoms with E-state index in [9.17, 15) is 4.39 Å². The molecule has 2 atom stereocenters. The van der Waals surface area contributed by atoms with Crippen molar-refractivity contribution in [2.45, 2.75) is 25.3 Å². The molecule has 19 heavy (non-hydrogen) atoms. The number of alkyl halides is 1. The Kier molecular flexibility index (Phi) is 3.46. The molecule has 3 nitrogen and oxygen atoms in total. The van der Waals surface area contributed by atoms with Gasteiger partial charge in [-0.2, -0.15) is 0 Å². The van der Waals surface area contributed by atoms with E-state index in [0.29, 0.717) is 11.4 Å². The van der Waals surface area contributed by atoms with E-state index in [1.165, 1.54) is 6.07 Å². The van der Waals surface area contributed by atoms with Gasteiger partial charge in [0, 0.05) is 19.1 Å². The van der Waals surface area contributed by atoms with E-state index in [4.69, 9.17) is 16.3 Å². The van der Waals surface area contributed by atoms with E-state index in [2.05, 4.69) is 4.98 Å². The van der Waals surface area contributed by atoms with Crippen molar-refractivity contribution in [3.05, 3.63) is 29.8 Å². The van der Waals surface area contributed by atoms with Crippen LogP contribution in [0.3, 0.4) is 0 Å². The fourth-order valence-electron chi connectivity index (χ4n) is 2.61. The number of nitrogens with zero attached hydrogens (tertiary/aromatic N) is 2. The van der Waals surface area contributed by atoms with Crippen LogP contribution in [0.2, 0.25) is 0 Å². The van der Waals surface area contributed by atoms with E-state index in [1.54, 1.807) is 6.07 Å². The second-order valence-corrected chi connectivity index (χ2v) is 5.69. The van der Waals surface area contributed by atoms with Gasteiger partial charge < -0.3 is 9.30 Å². The van der Waals surface area contributed by atoms with Crippen molar-refractivity contribution in [2.24, 2.45) is 5.92 Å². The molecular formula is C14H16ClFN2O. The minimum absolute atomic E-state index is 0.242. The minimum atomic E-state index is -0.294. The first kappa shape index (κ1) is 12.9. The van der Waals surface area contributed by atoms with Crippen molar-refractivity contribution >= 4 is 22.6 Å². The molecule has 0 saturated carbocycles. The fraction of sp³-hybridized carbons (Fsp3) is 0.500. The van der Waals surface area contributed by atoms with Crippen molar-refractivity contribution in [1.82, 2.24) is 9.55 Å². The highest BCUT2D eigenvalue weighted by Gasteiger charge is 2.22. The highest BCUT2D eigenvalue weighted by Crippen LogP contribution is 2.28. The number of ether oxygens (including phenoxy) is 1. The molecule has 1 aliphatic rings. The topological polar surface area (TPSA) is 27.1 Å². The summed E-state index contributed by atoms with van der Waals surface area (Å²) in [7, 11) is 0. The van der Waals surface area contributed by atoms with Gasteiger partial charge in [0.15, 0.2) is 5.82 Å². The second-order valence-electron chi connectivity index (χ2n) is 5.03. The summed E-state index contributed by atoms with van der Waals surface area (Å²) in [5.41, 5.74) is 1.22. The first-order valence-electron chi connectivity index (χ1n) is 6.53. The molecule has 1 aromatic heterocycles. The molecule has 0 N–H and O–H groups in total. The fourth-order valence-corrected chi connectivity index (χ4v) is 2.78. The van der Waals surface area contributed by atoms with Gasteiger partial charge in [0.2, 0.25) is 0 Å². The van der Waals surface area contributed by atoms with Crippen molar-refractivity contribution in [3.8, 4) is 0 Å². The van der Waals surface area contributed by atoms with Gasteiger partial charge in [0.05, 0.1) is 17.5 Å². The standard InChI is InChI=1S/C14H16ClFN2O/c1-9(15)14-17-13-11(16)3-2-4-12(13)18(14)7-10-5-6-19-8-10/h2-4,9-10H,5-8H2,1H3. The summed E-state index contributed by atoms with van der Waals surface area (Å²) in [5.74, 6) is 0.890. The summed E-state index contributed by atoms with van der Waals surface area (Å²) in [6.07, 6.45) is 1.03. The lowest BCUT2D eigenvalue weighted by Gasteiger charge is -2.14. The second kappa shape index (κ2) is 5.10. The van der Waals surface area contributed by atoms with Crippen LogP contribution in [-0.2, 0) is 11.3 Å². The predicted octanol–water partition coefficient (Wildman–Crippen LogP) is 3.51. The van der Waals surface area contributed by atoms with Gasteiger partial charge in [-0.15, -0.1) is 11.6 Å². The molecule has 1 aromatic carbocycles. The van der Waals surface area contributed by atoms with Crippen molar-refractivity contribution < 1.29 is 9.13 Å². The Bertz CT molecular complexity index is 590. The number of para-hydroxylation sites is 1. The monoisotopic (exact) mass is 282 g/mol. The summed E-state index contributed by atoms with van der Waals surface area (Å²) in [5, 5.41) is -0.242. The van der Waals surface area contributed by atoms with Crippen LogP contribution >= 0.6 is 11.6 Å². The lowest BCUT2D eigenvalue weighted by Crippen LogP contribution is -2.13. The Morgan fingerprint density at radius 1 is 1.58 bits per heavy atom. The average molecular weight is 283 g/mol. The number of imidazole rings is 1. The summed E-state index contributed by atoms with van der Waals surface area (Å²) in [6.45, 7) is 4.21. The molecule has 0 spiro atoms. The number of rotatable bonds is 3. The molecule has 3 rings (SSSR count). The highest BCUT2D eigenvalue weighted by atomic mass is 35.5. The van der Waals surface area contributed by atoms with E-state index in [-0.39, 0.29) is 11.2 Å². The highest BCUT2D eigenvalue weighted by molar-refractivity contribution is 6.20. The van der Waals surface area contributed by atoms with Crippen LogP contribution in [0.4, 0.5) is 4.39 Å². The predicted molar refractivity (Wildman–Crippen MR) is 72.9 cm³/mol. The number of hydrogen-bond donors (Lipinski definition) is 0. The Labute approximate surface area is 116 Å². The lowest BCUT2D eigenvalue weighted by atomic mass is 10.1. The zero-order valence-electron chi connectivity index (χ0n) is 10.8. The number of aromatic nitrogens is 2. The van der Waals surface area contributed by atoms with Gasteiger partial charge in [-0.25, -0.2) is 9.37 Å². The normalized spacial score (nSPS) is 21.1. The van der Waals surface area contributed by atoms with E-state index < -0.39 is 0 Å². The van der Waals surface area contributed by atoms with Crippen LogP contribution in [0, 0.1) is 11.7 Å². The summed E-state index contributed by atoms with van der Waals surface area (Å²) < 4.78 is 21.3. The lowest BCUT2D eigenvalue weighted by molar-refractivity contribution is 0.182. The first-order valence-corrected chi connectivity index (χ1v) is 6.97. The molecule has 1 saturated heterocycles. The van der Waals surface area contributed by atoms with Gasteiger partial charge in [-0.05, 0) is 25.5 Å². The molecule has 102 valence electrons. The maximum absolute atomic E-state index is 13.8. The molecule has 2 aromatic rings. The van der Waals surface area contributed by atoms with Crippen molar-refractivity contribution in [3.63, 3.8) is 0 Å². The number of halogens is 2. The quantitative estimate of drug-likeness (QED) is 0.806. The maximum Gasteiger partial charge on any atom is 0.151 e. The third-order valence-corrected chi connectivity index (χ3v) is 3.77. The van der Waals surface area contributed by atoms with Gasteiger partial charge >= 0.3 is 0 Å². The van der Waals surface area contributed by atoms with Crippen LogP contribution in [0.1, 0.15) is 24.5 Å². The summed E-state index contributed by atoms with van der Waals surface area (Å²) in [6, 6.07) is 5.04. The van der Waals surface area contributed by atoms with E-state index >= 15 is 0 Å². The summed E-state index contributed by atoms with van der Waals surface area (Å²) >= 11 is 6.18. The minimum Gasteiger partial charge on any atom is -0.381 e. The SMILES string of the molecule is CC(Cl)c1nc2c(F)cccc2n1CC1CCOC1. The molecular weight excluding hydrogens is 267 g/mol. The van der Waals surface area contributed by atoms with Gasteiger partial charge in [-0.3, -0.25) is 0 Å². The zero-order valence-corrected chi connectivity index (χ0v) is 11.5. The molecule has 5 heteroatoms. The van der Waals surface area contributed by atoms with Gasteiger partial charge in [0.25, 0.3) is 0 Å². The van der Waals surface area contributed by atoms with Crippen LogP contribution in [0.5, 0.6) is 0 Å². The third-order valence-electron chi connectivity index (χ3n) is 3.58. The third kappa shape index (κ3) is 2.35. The number of fused-ring (bicyclic) bond motifs is 1. The van der Waals surface area contributed by atoms with Crippen molar-refractivity contribution in [2.75, 3.05) is 13.2 Å². The van der Waals surface area contributed by atoms with E-state index in [1.807, 2.05) is 17.6 Å². The molecule has 0 aliphatic carbocycles. The Hall–Kier alpha value is -1.13. The van der Waals surface area contributed by atoms with Gasteiger partial charge in [-0.1, -0.05) is 6.07 Å². The number of benzene rings is 1. The molecule has 1 fully saturated rings. The Morgan fingerprint density at radius 2 is 2.42 bits per heavy atom.